The van der Waals surface area contributed by atoms with Crippen LogP contribution < -0.4 is 14.8 Å². The molecule has 7 nitrogen and oxygen atoms in total. The molecule has 0 aromatic heterocycles. The van der Waals surface area contributed by atoms with Gasteiger partial charge in [-0.15, -0.1) is 0 Å². The standard InChI is InChI=1S/C21H22N2O5/c1-27-16-5-2-13(3-6-16)19-11-23(21(25)26)10-15(19)12-28-17-7-4-14-9-22-20(24)18(14)8-17/h2-8,15,19H,9-12H2,1H3,(H,22,24)(H,25,26). The van der Waals surface area contributed by atoms with Crippen molar-refractivity contribution in [3.05, 3.63) is 59.2 Å². The third kappa shape index (κ3) is 3.47. The second-order valence-electron chi connectivity index (χ2n) is 7.14. The fraction of sp³-hybridized carbons (Fsp3) is 0.333. The highest BCUT2D eigenvalue weighted by Gasteiger charge is 2.36. The average Bonchev–Trinajstić information content (AvgIpc) is 3.30. The maximum Gasteiger partial charge on any atom is 0.407 e. The topological polar surface area (TPSA) is 88.1 Å². The van der Waals surface area contributed by atoms with E-state index in [1.54, 1.807) is 13.2 Å². The van der Waals surface area contributed by atoms with Gasteiger partial charge in [0.2, 0.25) is 0 Å². The summed E-state index contributed by atoms with van der Waals surface area (Å²) in [6.45, 7) is 1.77. The van der Waals surface area contributed by atoms with Gasteiger partial charge in [0, 0.05) is 37.0 Å². The molecule has 0 saturated carbocycles. The molecule has 2 aromatic carbocycles. The molecule has 0 radical (unpaired) electrons. The SMILES string of the molecule is COc1ccc(C2CN(C(=O)O)CC2COc2ccc3c(c2)C(=O)NC3)cc1. The molecule has 0 spiro atoms. The summed E-state index contributed by atoms with van der Waals surface area (Å²) in [6, 6.07) is 13.2. The first-order chi connectivity index (χ1) is 13.5. The van der Waals surface area contributed by atoms with Crippen LogP contribution >= 0.6 is 0 Å². The molecule has 2 heterocycles. The molecule has 2 unspecified atom stereocenters. The Bertz CT molecular complexity index is 896. The van der Waals surface area contributed by atoms with E-state index in [0.717, 1.165) is 16.9 Å². The quantitative estimate of drug-likeness (QED) is 0.830. The van der Waals surface area contributed by atoms with Crippen LogP contribution in [-0.2, 0) is 6.54 Å². The van der Waals surface area contributed by atoms with Crippen molar-refractivity contribution in [2.75, 3.05) is 26.8 Å². The van der Waals surface area contributed by atoms with E-state index in [9.17, 15) is 14.7 Å². The number of fused-ring (bicyclic) bond motifs is 1. The first-order valence-corrected chi connectivity index (χ1v) is 9.21. The van der Waals surface area contributed by atoms with Crippen LogP contribution in [0.4, 0.5) is 4.79 Å². The number of carboxylic acid groups (broad SMARTS) is 1. The molecule has 0 bridgehead atoms. The average molecular weight is 382 g/mol. The molecule has 2 aliphatic rings. The minimum absolute atomic E-state index is 0.0200. The fourth-order valence-corrected chi connectivity index (χ4v) is 3.91. The fourth-order valence-electron chi connectivity index (χ4n) is 3.91. The summed E-state index contributed by atoms with van der Waals surface area (Å²) in [5.74, 6) is 1.36. The van der Waals surface area contributed by atoms with Gasteiger partial charge in [-0.3, -0.25) is 4.79 Å². The highest BCUT2D eigenvalue weighted by molar-refractivity contribution is 5.98. The Morgan fingerprint density at radius 1 is 1.18 bits per heavy atom. The van der Waals surface area contributed by atoms with Gasteiger partial charge < -0.3 is 24.8 Å². The Morgan fingerprint density at radius 2 is 1.93 bits per heavy atom. The lowest BCUT2D eigenvalue weighted by Crippen LogP contribution is -2.27. The molecule has 2 atom stereocenters. The van der Waals surface area contributed by atoms with Crippen LogP contribution in [0, 0.1) is 5.92 Å². The van der Waals surface area contributed by atoms with Crippen LogP contribution in [0.25, 0.3) is 0 Å². The number of nitrogens with one attached hydrogen (secondary N) is 1. The third-order valence-corrected chi connectivity index (χ3v) is 5.48. The predicted molar refractivity (Wildman–Crippen MR) is 102 cm³/mol. The van der Waals surface area contributed by atoms with Crippen molar-refractivity contribution in [1.29, 1.82) is 0 Å². The van der Waals surface area contributed by atoms with Crippen LogP contribution in [-0.4, -0.2) is 48.8 Å². The lowest BCUT2D eigenvalue weighted by atomic mass is 9.89. The number of methoxy groups -OCH3 is 1. The number of benzene rings is 2. The maximum absolute atomic E-state index is 11.8. The van der Waals surface area contributed by atoms with Crippen molar-refractivity contribution < 1.29 is 24.2 Å². The molecule has 0 aliphatic carbocycles. The van der Waals surface area contributed by atoms with Crippen molar-refractivity contribution in [2.24, 2.45) is 5.92 Å². The number of nitrogens with zero attached hydrogens (tertiary/aromatic N) is 1. The highest BCUT2D eigenvalue weighted by Crippen LogP contribution is 2.34. The lowest BCUT2D eigenvalue weighted by molar-refractivity contribution is 0.0965. The molecule has 4 rings (SSSR count). The smallest absolute Gasteiger partial charge is 0.407 e. The molecular weight excluding hydrogens is 360 g/mol. The van der Waals surface area contributed by atoms with E-state index < -0.39 is 6.09 Å². The normalized spacial score (nSPS) is 20.6. The monoisotopic (exact) mass is 382 g/mol. The third-order valence-electron chi connectivity index (χ3n) is 5.48. The number of carbonyl (C=O) groups is 2. The lowest BCUT2D eigenvalue weighted by Gasteiger charge is -2.19. The first-order valence-electron chi connectivity index (χ1n) is 9.21. The molecular formula is C21H22N2O5. The van der Waals surface area contributed by atoms with Gasteiger partial charge in [-0.2, -0.15) is 0 Å². The summed E-state index contributed by atoms with van der Waals surface area (Å²) in [5.41, 5.74) is 2.67. The maximum atomic E-state index is 11.8. The Labute approximate surface area is 162 Å². The largest absolute Gasteiger partial charge is 0.497 e. The number of hydrogen-bond acceptors (Lipinski definition) is 4. The summed E-state index contributed by atoms with van der Waals surface area (Å²) in [7, 11) is 1.62. The van der Waals surface area contributed by atoms with Gasteiger partial charge in [-0.25, -0.2) is 4.79 Å². The van der Waals surface area contributed by atoms with Gasteiger partial charge in [0.05, 0.1) is 13.7 Å². The zero-order valence-electron chi connectivity index (χ0n) is 15.6. The summed E-state index contributed by atoms with van der Waals surface area (Å²) >= 11 is 0. The highest BCUT2D eigenvalue weighted by atomic mass is 16.5. The molecule has 146 valence electrons. The molecule has 1 saturated heterocycles. The van der Waals surface area contributed by atoms with E-state index in [1.165, 1.54) is 4.90 Å². The number of rotatable bonds is 5. The van der Waals surface area contributed by atoms with Crippen molar-refractivity contribution in [3.8, 4) is 11.5 Å². The van der Waals surface area contributed by atoms with Crippen molar-refractivity contribution in [1.82, 2.24) is 10.2 Å². The Balaban J connectivity index is 1.50. The molecule has 2 N–H and O–H groups in total. The van der Waals surface area contributed by atoms with E-state index in [0.29, 0.717) is 37.6 Å². The number of ether oxygens (including phenoxy) is 2. The van der Waals surface area contributed by atoms with Crippen LogP contribution in [0.5, 0.6) is 11.5 Å². The zero-order chi connectivity index (χ0) is 19.7. The molecule has 28 heavy (non-hydrogen) atoms. The van der Waals surface area contributed by atoms with Crippen LogP contribution in [0.3, 0.4) is 0 Å². The van der Waals surface area contributed by atoms with Gasteiger partial charge in [-0.1, -0.05) is 18.2 Å². The number of carbonyl (C=O) groups excluding carboxylic acids is 1. The second kappa shape index (κ2) is 7.42. The molecule has 7 heteroatoms. The van der Waals surface area contributed by atoms with E-state index in [1.807, 2.05) is 36.4 Å². The van der Waals surface area contributed by atoms with Gasteiger partial charge >= 0.3 is 6.09 Å². The van der Waals surface area contributed by atoms with Crippen molar-refractivity contribution in [2.45, 2.75) is 12.5 Å². The second-order valence-corrected chi connectivity index (χ2v) is 7.14. The Morgan fingerprint density at radius 3 is 2.64 bits per heavy atom. The van der Waals surface area contributed by atoms with Crippen LogP contribution in [0.1, 0.15) is 27.4 Å². The first kappa shape index (κ1) is 18.2. The van der Waals surface area contributed by atoms with Gasteiger partial charge in [0.15, 0.2) is 0 Å². The van der Waals surface area contributed by atoms with Crippen LogP contribution in [0.15, 0.2) is 42.5 Å². The van der Waals surface area contributed by atoms with E-state index >= 15 is 0 Å². The van der Waals surface area contributed by atoms with Crippen molar-refractivity contribution in [3.63, 3.8) is 0 Å². The number of likely N-dealkylation sites (tertiary alicyclic amines) is 1. The Hall–Kier alpha value is -3.22. The van der Waals surface area contributed by atoms with E-state index in [-0.39, 0.29) is 17.7 Å². The molecule has 2 amide bonds. The summed E-state index contributed by atoms with van der Waals surface area (Å²) in [6.07, 6.45) is -0.921. The zero-order valence-corrected chi connectivity index (χ0v) is 15.6. The summed E-state index contributed by atoms with van der Waals surface area (Å²) < 4.78 is 11.2. The molecule has 2 aliphatic heterocycles. The Kier molecular flexibility index (Phi) is 4.81. The molecule has 2 aromatic rings. The van der Waals surface area contributed by atoms with Gasteiger partial charge in [0.25, 0.3) is 5.91 Å². The predicted octanol–water partition coefficient (Wildman–Crippen LogP) is 2.71. The summed E-state index contributed by atoms with van der Waals surface area (Å²) in [4.78, 5) is 24.7. The summed E-state index contributed by atoms with van der Waals surface area (Å²) in [5, 5.41) is 12.2. The minimum Gasteiger partial charge on any atom is -0.497 e. The van der Waals surface area contributed by atoms with Gasteiger partial charge in [-0.05, 0) is 35.4 Å². The molecule has 1 fully saturated rings. The minimum atomic E-state index is -0.921. The van der Waals surface area contributed by atoms with Crippen molar-refractivity contribution >= 4 is 12.0 Å². The van der Waals surface area contributed by atoms with Gasteiger partial charge in [0.1, 0.15) is 11.5 Å². The van der Waals surface area contributed by atoms with Crippen LogP contribution in [0.2, 0.25) is 0 Å². The van der Waals surface area contributed by atoms with E-state index in [2.05, 4.69) is 5.32 Å². The number of amides is 2. The van der Waals surface area contributed by atoms with E-state index in [4.69, 9.17) is 9.47 Å². The number of hydrogen-bond donors (Lipinski definition) is 2.